The summed E-state index contributed by atoms with van der Waals surface area (Å²) in [6, 6.07) is 9.58. The monoisotopic (exact) mass is 417 g/mol. The van der Waals surface area contributed by atoms with E-state index in [1.165, 1.54) is 6.07 Å². The fraction of sp³-hybridized carbons (Fsp3) is 0.364. The molecule has 3 rings (SSSR count). The molecule has 0 saturated carbocycles. The molecule has 1 aliphatic rings. The minimum absolute atomic E-state index is 0.0373. The summed E-state index contributed by atoms with van der Waals surface area (Å²) in [5, 5.41) is 5.40. The van der Waals surface area contributed by atoms with Crippen LogP contribution >= 0.6 is 0 Å². The molecule has 1 heterocycles. The first-order valence-electron chi connectivity index (χ1n) is 9.89. The summed E-state index contributed by atoms with van der Waals surface area (Å²) < 4.78 is 31.7. The lowest BCUT2D eigenvalue weighted by Gasteiger charge is -2.32. The molecule has 0 radical (unpaired) electrons. The second kappa shape index (κ2) is 10.0. The molecule has 30 heavy (non-hydrogen) atoms. The number of halogens is 2. The Hall–Kier alpha value is -3.16. The van der Waals surface area contributed by atoms with Crippen LogP contribution in [0.5, 0.6) is 5.75 Å². The van der Waals surface area contributed by atoms with E-state index in [2.05, 4.69) is 10.6 Å². The Balaban J connectivity index is 1.38. The molecular formula is C22H25F2N3O3. The van der Waals surface area contributed by atoms with Crippen molar-refractivity contribution in [2.75, 3.05) is 32.1 Å². The molecule has 0 aromatic heterocycles. The average molecular weight is 417 g/mol. The van der Waals surface area contributed by atoms with Crippen molar-refractivity contribution in [2.24, 2.45) is 5.92 Å². The first kappa shape index (κ1) is 21.5. The van der Waals surface area contributed by atoms with Crippen LogP contribution in [0.4, 0.5) is 19.3 Å². The van der Waals surface area contributed by atoms with Gasteiger partial charge in [-0.3, -0.25) is 4.79 Å². The van der Waals surface area contributed by atoms with Crippen molar-refractivity contribution in [3.05, 3.63) is 59.7 Å². The Labute approximate surface area is 174 Å². The van der Waals surface area contributed by atoms with Crippen molar-refractivity contribution in [1.29, 1.82) is 0 Å². The number of anilines is 1. The SMILES string of the molecule is COc1ccc(C(=O)NCCC2CCN(C(=O)Nc3ccc(F)cc3F)CC2)cc1. The van der Waals surface area contributed by atoms with Crippen LogP contribution in [0.1, 0.15) is 29.6 Å². The van der Waals surface area contributed by atoms with Gasteiger partial charge >= 0.3 is 6.03 Å². The number of benzene rings is 2. The van der Waals surface area contributed by atoms with Gasteiger partial charge in [0.2, 0.25) is 0 Å². The molecule has 0 atom stereocenters. The maximum absolute atomic E-state index is 13.7. The third-order valence-corrected chi connectivity index (χ3v) is 5.26. The normalized spacial score (nSPS) is 14.3. The predicted octanol–water partition coefficient (Wildman–Crippen LogP) is 4.04. The third-order valence-electron chi connectivity index (χ3n) is 5.26. The highest BCUT2D eigenvalue weighted by molar-refractivity contribution is 5.94. The van der Waals surface area contributed by atoms with E-state index in [9.17, 15) is 18.4 Å². The predicted molar refractivity (Wildman–Crippen MR) is 110 cm³/mol. The summed E-state index contributed by atoms with van der Waals surface area (Å²) in [6.45, 7) is 1.65. The largest absolute Gasteiger partial charge is 0.497 e. The van der Waals surface area contributed by atoms with Gasteiger partial charge in [0.25, 0.3) is 5.91 Å². The van der Waals surface area contributed by atoms with Crippen LogP contribution in [0.3, 0.4) is 0 Å². The zero-order valence-corrected chi connectivity index (χ0v) is 16.8. The Morgan fingerprint density at radius 3 is 2.43 bits per heavy atom. The number of piperidine rings is 1. The number of urea groups is 1. The number of nitrogens with zero attached hydrogens (tertiary/aromatic N) is 1. The summed E-state index contributed by atoms with van der Waals surface area (Å²) in [6.07, 6.45) is 2.43. The second-order valence-corrected chi connectivity index (χ2v) is 7.26. The maximum Gasteiger partial charge on any atom is 0.321 e. The number of hydrogen-bond acceptors (Lipinski definition) is 3. The lowest BCUT2D eigenvalue weighted by molar-refractivity contribution is 0.0949. The van der Waals surface area contributed by atoms with E-state index in [-0.39, 0.29) is 11.6 Å². The van der Waals surface area contributed by atoms with Gasteiger partial charge < -0.3 is 20.3 Å². The number of likely N-dealkylation sites (tertiary alicyclic amines) is 1. The average Bonchev–Trinajstić information content (AvgIpc) is 2.76. The number of carbonyl (C=O) groups is 2. The van der Waals surface area contributed by atoms with E-state index >= 15 is 0 Å². The summed E-state index contributed by atoms with van der Waals surface area (Å²) in [7, 11) is 1.57. The van der Waals surface area contributed by atoms with Crippen LogP contribution in [0.15, 0.2) is 42.5 Å². The first-order valence-corrected chi connectivity index (χ1v) is 9.89. The summed E-state index contributed by atoms with van der Waals surface area (Å²) >= 11 is 0. The molecule has 160 valence electrons. The standard InChI is InChI=1S/C22H25F2N3O3/c1-30-18-5-2-16(3-6-18)21(28)25-11-8-15-9-12-27(13-10-15)22(29)26-20-7-4-17(23)14-19(20)24/h2-7,14-15H,8-13H2,1H3,(H,25,28)(H,26,29). The van der Waals surface area contributed by atoms with E-state index in [0.717, 1.165) is 31.4 Å². The van der Waals surface area contributed by atoms with Gasteiger partial charge in [0.15, 0.2) is 0 Å². The van der Waals surface area contributed by atoms with E-state index in [0.29, 0.717) is 36.9 Å². The van der Waals surface area contributed by atoms with Crippen molar-refractivity contribution in [2.45, 2.75) is 19.3 Å². The third kappa shape index (κ3) is 5.68. The van der Waals surface area contributed by atoms with Crippen molar-refractivity contribution < 1.29 is 23.1 Å². The van der Waals surface area contributed by atoms with Gasteiger partial charge in [-0.25, -0.2) is 13.6 Å². The number of amides is 3. The number of hydrogen-bond donors (Lipinski definition) is 2. The minimum Gasteiger partial charge on any atom is -0.497 e. The molecule has 0 aliphatic carbocycles. The van der Waals surface area contributed by atoms with E-state index in [1.807, 2.05) is 0 Å². The molecule has 1 fully saturated rings. The summed E-state index contributed by atoms with van der Waals surface area (Å²) in [5.74, 6) is -0.524. The molecular weight excluding hydrogens is 392 g/mol. The van der Waals surface area contributed by atoms with Crippen molar-refractivity contribution in [3.8, 4) is 5.75 Å². The molecule has 2 N–H and O–H groups in total. The Morgan fingerprint density at radius 2 is 1.80 bits per heavy atom. The van der Waals surface area contributed by atoms with Gasteiger partial charge in [-0.2, -0.15) is 0 Å². The molecule has 0 unspecified atom stereocenters. The fourth-order valence-electron chi connectivity index (χ4n) is 3.44. The summed E-state index contributed by atoms with van der Waals surface area (Å²) in [4.78, 5) is 26.1. The van der Waals surface area contributed by atoms with Gasteiger partial charge in [0.05, 0.1) is 12.8 Å². The smallest absolute Gasteiger partial charge is 0.321 e. The maximum atomic E-state index is 13.7. The Morgan fingerprint density at radius 1 is 1.10 bits per heavy atom. The first-order chi connectivity index (χ1) is 14.5. The number of rotatable bonds is 6. The van der Waals surface area contributed by atoms with Gasteiger partial charge in [0.1, 0.15) is 17.4 Å². The van der Waals surface area contributed by atoms with Gasteiger partial charge in [-0.05, 0) is 61.6 Å². The van der Waals surface area contributed by atoms with E-state index < -0.39 is 17.7 Å². The van der Waals surface area contributed by atoms with Crippen LogP contribution in [0.2, 0.25) is 0 Å². The molecule has 8 heteroatoms. The molecule has 6 nitrogen and oxygen atoms in total. The quantitative estimate of drug-likeness (QED) is 0.745. The lowest BCUT2D eigenvalue weighted by Crippen LogP contribution is -2.41. The van der Waals surface area contributed by atoms with Crippen LogP contribution in [0.25, 0.3) is 0 Å². The van der Waals surface area contributed by atoms with Crippen molar-refractivity contribution in [3.63, 3.8) is 0 Å². The van der Waals surface area contributed by atoms with Crippen LogP contribution < -0.4 is 15.4 Å². The highest BCUT2D eigenvalue weighted by Gasteiger charge is 2.23. The lowest BCUT2D eigenvalue weighted by atomic mass is 9.93. The van der Waals surface area contributed by atoms with Gasteiger partial charge in [-0.1, -0.05) is 0 Å². The van der Waals surface area contributed by atoms with Crippen LogP contribution in [-0.2, 0) is 0 Å². The number of methoxy groups -OCH3 is 1. The second-order valence-electron chi connectivity index (χ2n) is 7.26. The highest BCUT2D eigenvalue weighted by atomic mass is 19.1. The van der Waals surface area contributed by atoms with Gasteiger partial charge in [0, 0.05) is 31.3 Å². The number of ether oxygens (including phenoxy) is 1. The van der Waals surface area contributed by atoms with Crippen LogP contribution in [-0.4, -0.2) is 43.6 Å². The zero-order chi connectivity index (χ0) is 21.5. The topological polar surface area (TPSA) is 70.7 Å². The van der Waals surface area contributed by atoms with E-state index in [4.69, 9.17) is 4.74 Å². The zero-order valence-electron chi connectivity index (χ0n) is 16.8. The Bertz CT molecular complexity index is 882. The van der Waals surface area contributed by atoms with Gasteiger partial charge in [-0.15, -0.1) is 0 Å². The molecule has 3 amide bonds. The molecule has 0 spiro atoms. The summed E-state index contributed by atoms with van der Waals surface area (Å²) in [5.41, 5.74) is 0.542. The van der Waals surface area contributed by atoms with E-state index in [1.54, 1.807) is 36.3 Å². The fourth-order valence-corrected chi connectivity index (χ4v) is 3.44. The number of nitrogens with one attached hydrogen (secondary N) is 2. The molecule has 0 bridgehead atoms. The molecule has 1 aliphatic heterocycles. The Kier molecular flexibility index (Phi) is 7.21. The minimum atomic E-state index is -0.800. The molecule has 1 saturated heterocycles. The molecule has 2 aromatic rings. The van der Waals surface area contributed by atoms with Crippen molar-refractivity contribution in [1.82, 2.24) is 10.2 Å². The number of carbonyl (C=O) groups excluding carboxylic acids is 2. The molecule has 2 aromatic carbocycles. The highest BCUT2D eigenvalue weighted by Crippen LogP contribution is 2.22. The van der Waals surface area contributed by atoms with Crippen molar-refractivity contribution >= 4 is 17.6 Å². The van der Waals surface area contributed by atoms with Crippen LogP contribution in [0, 0.1) is 17.6 Å².